The van der Waals surface area contributed by atoms with Crippen LogP contribution in [0.15, 0.2) is 66.9 Å². The van der Waals surface area contributed by atoms with Crippen LogP contribution < -0.4 is 4.74 Å². The Bertz CT molecular complexity index is 1280. The summed E-state index contributed by atoms with van der Waals surface area (Å²) in [6, 6.07) is 20.9. The Kier molecular flexibility index (Phi) is 5.66. The summed E-state index contributed by atoms with van der Waals surface area (Å²) in [5.41, 5.74) is 3.34. The largest absolute Gasteiger partial charge is 0.496 e. The molecule has 0 saturated carbocycles. The third-order valence-corrected chi connectivity index (χ3v) is 7.16. The molecule has 0 aliphatic carbocycles. The Labute approximate surface area is 192 Å². The first-order valence-electron chi connectivity index (χ1n) is 11.0. The number of piperidine rings is 1. The molecule has 162 valence electrons. The highest BCUT2D eigenvalue weighted by Gasteiger charge is 2.32. The first-order valence-corrected chi connectivity index (χ1v) is 11.8. The lowest BCUT2D eigenvalue weighted by atomic mass is 9.89. The average molecular weight is 443 g/mol. The van der Waals surface area contributed by atoms with E-state index in [1.54, 1.807) is 18.4 Å². The summed E-state index contributed by atoms with van der Waals surface area (Å²) in [5, 5.41) is 3.34. The number of methoxy groups -OCH3 is 1. The van der Waals surface area contributed by atoms with Crippen molar-refractivity contribution in [3.8, 4) is 16.3 Å². The average Bonchev–Trinajstić information content (AvgIpc) is 3.26. The number of rotatable bonds is 5. The van der Waals surface area contributed by atoms with Crippen LogP contribution in [-0.2, 0) is 11.3 Å². The number of carbonyl (C=O) groups is 1. The molecule has 0 bridgehead atoms. The van der Waals surface area contributed by atoms with E-state index in [-0.39, 0.29) is 11.9 Å². The number of ether oxygens (including phenoxy) is 1. The van der Waals surface area contributed by atoms with Gasteiger partial charge in [0.05, 0.1) is 13.2 Å². The molecule has 32 heavy (non-hydrogen) atoms. The third kappa shape index (κ3) is 3.89. The molecule has 4 nitrogen and oxygen atoms in total. The number of nitrogens with zero attached hydrogens (tertiary/aromatic N) is 2. The predicted molar refractivity (Wildman–Crippen MR) is 130 cm³/mol. The summed E-state index contributed by atoms with van der Waals surface area (Å²) in [6.45, 7) is 2.65. The maximum Gasteiger partial charge on any atom is 0.223 e. The smallest absolute Gasteiger partial charge is 0.223 e. The molecule has 0 radical (unpaired) electrons. The van der Waals surface area contributed by atoms with Crippen LogP contribution in [0.1, 0.15) is 41.3 Å². The Hall–Kier alpha value is -3.18. The minimum Gasteiger partial charge on any atom is -0.496 e. The molecule has 1 aliphatic rings. The summed E-state index contributed by atoms with van der Waals surface area (Å²) in [5.74, 6) is 1.05. The van der Waals surface area contributed by atoms with Crippen LogP contribution in [0.2, 0.25) is 0 Å². The highest BCUT2D eigenvalue weighted by molar-refractivity contribution is 7.14. The monoisotopic (exact) mass is 442 g/mol. The lowest BCUT2D eigenvalue weighted by Gasteiger charge is -2.37. The van der Waals surface area contributed by atoms with Crippen LogP contribution >= 0.6 is 11.3 Å². The molecular weight excluding hydrogens is 416 g/mol. The molecule has 0 N–H and O–H groups in total. The van der Waals surface area contributed by atoms with Crippen molar-refractivity contribution in [1.29, 1.82) is 0 Å². The number of aromatic nitrogens is 1. The van der Waals surface area contributed by atoms with Gasteiger partial charge in [0.2, 0.25) is 5.91 Å². The van der Waals surface area contributed by atoms with Gasteiger partial charge in [0, 0.05) is 35.2 Å². The van der Waals surface area contributed by atoms with Gasteiger partial charge < -0.3 is 9.64 Å². The van der Waals surface area contributed by atoms with Crippen molar-refractivity contribution in [3.05, 3.63) is 82.9 Å². The topological polar surface area (TPSA) is 42.4 Å². The maximum atomic E-state index is 13.2. The van der Waals surface area contributed by atoms with Crippen molar-refractivity contribution in [1.82, 2.24) is 9.88 Å². The molecule has 1 amide bonds. The molecule has 1 atom stereocenters. The quantitative estimate of drug-likeness (QED) is 0.353. The molecule has 2 heterocycles. The lowest BCUT2D eigenvalue weighted by Crippen LogP contribution is -2.38. The normalized spacial score (nSPS) is 16.5. The summed E-state index contributed by atoms with van der Waals surface area (Å²) >= 11 is 1.69. The van der Waals surface area contributed by atoms with Crippen LogP contribution in [0, 0.1) is 6.92 Å². The maximum absolute atomic E-state index is 13.2. The molecule has 5 heteroatoms. The molecule has 3 aromatic carbocycles. The van der Waals surface area contributed by atoms with E-state index in [0.717, 1.165) is 45.7 Å². The Morgan fingerprint density at radius 2 is 2.00 bits per heavy atom. The van der Waals surface area contributed by atoms with Crippen molar-refractivity contribution >= 4 is 28.0 Å². The SMILES string of the molecule is COc1ccc2ccccc2c1C1CCCC(=O)N1Cc1cccc(-c2ncc(C)s2)c1. The molecule has 4 aromatic rings. The molecule has 0 spiro atoms. The van der Waals surface area contributed by atoms with E-state index in [4.69, 9.17) is 4.74 Å². The standard InChI is InChI=1S/C27H26N2O2S/c1-18-16-28-27(32-18)21-9-5-7-19(15-21)17-29-23(11-6-12-25(29)30)26-22-10-4-3-8-20(22)13-14-24(26)31-2/h3-5,7-10,13-16,23H,6,11-12,17H2,1-2H3. The summed E-state index contributed by atoms with van der Waals surface area (Å²) < 4.78 is 5.77. The number of hydrogen-bond donors (Lipinski definition) is 0. The number of carbonyl (C=O) groups excluding carboxylic acids is 1. The van der Waals surface area contributed by atoms with E-state index >= 15 is 0 Å². The highest BCUT2D eigenvalue weighted by atomic mass is 32.1. The predicted octanol–water partition coefficient (Wildman–Crippen LogP) is 6.53. The molecular formula is C27H26N2O2S. The van der Waals surface area contributed by atoms with Crippen molar-refractivity contribution in [2.45, 2.75) is 38.8 Å². The number of benzene rings is 3. The van der Waals surface area contributed by atoms with Gasteiger partial charge in [-0.25, -0.2) is 4.98 Å². The zero-order valence-corrected chi connectivity index (χ0v) is 19.2. The van der Waals surface area contributed by atoms with Crippen molar-refractivity contribution in [3.63, 3.8) is 0 Å². The first-order chi connectivity index (χ1) is 15.6. The Balaban J connectivity index is 1.54. The molecule has 1 saturated heterocycles. The Morgan fingerprint density at radius 3 is 2.81 bits per heavy atom. The highest BCUT2D eigenvalue weighted by Crippen LogP contribution is 2.41. The molecule has 5 rings (SSSR count). The molecule has 1 unspecified atom stereocenters. The van der Waals surface area contributed by atoms with Gasteiger partial charge in [-0.1, -0.05) is 48.5 Å². The van der Waals surface area contributed by atoms with E-state index in [2.05, 4.69) is 60.4 Å². The van der Waals surface area contributed by atoms with Crippen molar-refractivity contribution in [2.75, 3.05) is 7.11 Å². The summed E-state index contributed by atoms with van der Waals surface area (Å²) in [7, 11) is 1.71. The summed E-state index contributed by atoms with van der Waals surface area (Å²) in [4.78, 5) is 20.9. The van der Waals surface area contributed by atoms with Gasteiger partial charge in [0.15, 0.2) is 0 Å². The van der Waals surface area contributed by atoms with Gasteiger partial charge in [-0.2, -0.15) is 0 Å². The Morgan fingerprint density at radius 1 is 1.12 bits per heavy atom. The minimum absolute atomic E-state index is 0.0111. The zero-order valence-electron chi connectivity index (χ0n) is 18.4. The fourth-order valence-electron chi connectivity index (χ4n) is 4.70. The number of aryl methyl sites for hydroxylation is 1. The van der Waals surface area contributed by atoms with Gasteiger partial charge >= 0.3 is 0 Å². The minimum atomic E-state index is -0.0111. The number of amides is 1. The third-order valence-electron chi connectivity index (χ3n) is 6.20. The van der Waals surface area contributed by atoms with Crippen LogP contribution in [0.4, 0.5) is 0 Å². The van der Waals surface area contributed by atoms with Gasteiger partial charge in [-0.15, -0.1) is 11.3 Å². The second kappa shape index (κ2) is 8.75. The second-order valence-corrected chi connectivity index (χ2v) is 9.54. The second-order valence-electron chi connectivity index (χ2n) is 8.31. The summed E-state index contributed by atoms with van der Waals surface area (Å²) in [6.07, 6.45) is 4.32. The van der Waals surface area contributed by atoms with E-state index in [1.807, 2.05) is 23.2 Å². The molecule has 1 fully saturated rings. The lowest BCUT2D eigenvalue weighted by molar-refractivity contribution is -0.137. The number of likely N-dealkylation sites (tertiary alicyclic amines) is 1. The van der Waals surface area contributed by atoms with Crippen LogP contribution in [0.5, 0.6) is 5.75 Å². The fourth-order valence-corrected chi connectivity index (χ4v) is 5.46. The van der Waals surface area contributed by atoms with Gasteiger partial charge in [0.25, 0.3) is 0 Å². The van der Waals surface area contributed by atoms with E-state index in [9.17, 15) is 4.79 Å². The van der Waals surface area contributed by atoms with Crippen LogP contribution in [0.25, 0.3) is 21.3 Å². The molecule has 1 aliphatic heterocycles. The number of thiazole rings is 1. The fraction of sp³-hybridized carbons (Fsp3) is 0.259. The number of hydrogen-bond acceptors (Lipinski definition) is 4. The first kappa shape index (κ1) is 20.7. The van der Waals surface area contributed by atoms with E-state index in [1.165, 1.54) is 10.3 Å². The van der Waals surface area contributed by atoms with E-state index < -0.39 is 0 Å². The van der Waals surface area contributed by atoms with Gasteiger partial charge in [0.1, 0.15) is 10.8 Å². The van der Waals surface area contributed by atoms with Crippen LogP contribution in [0.3, 0.4) is 0 Å². The molecule has 1 aromatic heterocycles. The van der Waals surface area contributed by atoms with Crippen molar-refractivity contribution < 1.29 is 9.53 Å². The van der Waals surface area contributed by atoms with Gasteiger partial charge in [-0.05, 0) is 48.2 Å². The van der Waals surface area contributed by atoms with E-state index in [0.29, 0.717) is 13.0 Å². The zero-order chi connectivity index (χ0) is 22.1. The number of fused-ring (bicyclic) bond motifs is 1. The van der Waals surface area contributed by atoms with Crippen molar-refractivity contribution in [2.24, 2.45) is 0 Å². The van der Waals surface area contributed by atoms with Crippen LogP contribution in [-0.4, -0.2) is 22.9 Å². The van der Waals surface area contributed by atoms with Gasteiger partial charge in [-0.3, -0.25) is 4.79 Å².